The number of para-hydroxylation sites is 2. The van der Waals surface area contributed by atoms with Crippen LogP contribution in [0.3, 0.4) is 0 Å². The molecule has 0 atom stereocenters. The van der Waals surface area contributed by atoms with Crippen molar-refractivity contribution in [1.82, 2.24) is 0 Å². The van der Waals surface area contributed by atoms with E-state index in [1.54, 1.807) is 18.2 Å². The Hall–Kier alpha value is -2.49. The van der Waals surface area contributed by atoms with Gasteiger partial charge in [0.1, 0.15) is 0 Å². The molecule has 100 valence electrons. The van der Waals surface area contributed by atoms with Crippen molar-refractivity contribution < 1.29 is 9.90 Å². The molecule has 2 aromatic carbocycles. The average molecular weight is 258 g/mol. The molecular weight excluding hydrogens is 240 g/mol. The van der Waals surface area contributed by atoms with Gasteiger partial charge in [-0.15, -0.1) is 0 Å². The molecule has 0 fully saturated rings. The highest BCUT2D eigenvalue weighted by molar-refractivity contribution is 5.93. The minimum Gasteiger partial charge on any atom is -0.478 e. The van der Waals surface area contributed by atoms with Gasteiger partial charge in [0.15, 0.2) is 0 Å². The smallest absolute Gasteiger partial charge is 0.337 e. The van der Waals surface area contributed by atoms with Crippen molar-refractivity contribution in [1.29, 1.82) is 0 Å². The van der Waals surface area contributed by atoms with E-state index in [9.17, 15) is 4.79 Å². The van der Waals surface area contributed by atoms with E-state index in [2.05, 4.69) is 17.0 Å². The van der Waals surface area contributed by atoms with Crippen molar-refractivity contribution in [3.63, 3.8) is 0 Å². The highest BCUT2D eigenvalue weighted by atomic mass is 16.4. The lowest BCUT2D eigenvalue weighted by atomic mass is 10.2. The monoisotopic (exact) mass is 258 g/mol. The standard InChI is InChI=1S/C8H11N.C7H7NO2/c1-9(2)8-6-4-3-5-7-8;8-6-4-2-1-3-5(6)7(9)10/h3-7H,1-2H3;1-4H,8H2,(H,9,10). The quantitative estimate of drug-likeness (QED) is 0.813. The van der Waals surface area contributed by atoms with Crippen LogP contribution < -0.4 is 10.6 Å². The Balaban J connectivity index is 0.000000191. The number of rotatable bonds is 2. The molecule has 0 aliphatic rings. The van der Waals surface area contributed by atoms with Gasteiger partial charge in [0.2, 0.25) is 0 Å². The van der Waals surface area contributed by atoms with Crippen LogP contribution in [0.5, 0.6) is 0 Å². The molecule has 0 spiro atoms. The Labute approximate surface area is 113 Å². The molecule has 4 nitrogen and oxygen atoms in total. The van der Waals surface area contributed by atoms with Gasteiger partial charge in [-0.25, -0.2) is 4.79 Å². The van der Waals surface area contributed by atoms with E-state index in [1.807, 2.05) is 32.3 Å². The summed E-state index contributed by atoms with van der Waals surface area (Å²) < 4.78 is 0. The number of nitrogen functional groups attached to an aromatic ring is 1. The van der Waals surface area contributed by atoms with Gasteiger partial charge in [-0.3, -0.25) is 0 Å². The SMILES string of the molecule is CN(C)c1ccccc1.Nc1ccccc1C(=O)O. The van der Waals surface area contributed by atoms with E-state index in [0.717, 1.165) is 0 Å². The van der Waals surface area contributed by atoms with Crippen molar-refractivity contribution in [2.45, 2.75) is 0 Å². The molecule has 0 radical (unpaired) electrons. The molecule has 0 aliphatic heterocycles. The topological polar surface area (TPSA) is 66.6 Å². The predicted molar refractivity (Wildman–Crippen MR) is 78.6 cm³/mol. The molecule has 0 heterocycles. The van der Waals surface area contributed by atoms with Gasteiger partial charge in [0, 0.05) is 25.5 Å². The minimum atomic E-state index is -0.988. The maximum absolute atomic E-state index is 10.3. The highest BCUT2D eigenvalue weighted by Gasteiger charge is 2.03. The van der Waals surface area contributed by atoms with Crippen LogP contribution in [0.4, 0.5) is 11.4 Å². The highest BCUT2D eigenvalue weighted by Crippen LogP contribution is 2.09. The fourth-order valence-electron chi connectivity index (χ4n) is 1.42. The Morgan fingerprint density at radius 1 is 1.00 bits per heavy atom. The van der Waals surface area contributed by atoms with Crippen LogP contribution in [0.2, 0.25) is 0 Å². The van der Waals surface area contributed by atoms with Crippen LogP contribution in [-0.2, 0) is 0 Å². The first-order valence-electron chi connectivity index (χ1n) is 5.82. The third-order valence-corrected chi connectivity index (χ3v) is 2.46. The molecule has 2 rings (SSSR count). The van der Waals surface area contributed by atoms with Crippen molar-refractivity contribution >= 4 is 17.3 Å². The fraction of sp³-hybridized carbons (Fsp3) is 0.133. The summed E-state index contributed by atoms with van der Waals surface area (Å²) in [4.78, 5) is 12.4. The zero-order chi connectivity index (χ0) is 14.3. The summed E-state index contributed by atoms with van der Waals surface area (Å²) in [6, 6.07) is 16.6. The molecule has 0 aromatic heterocycles. The van der Waals surface area contributed by atoms with Crippen molar-refractivity contribution in [2.24, 2.45) is 0 Å². The van der Waals surface area contributed by atoms with Crippen LogP contribution in [-0.4, -0.2) is 25.2 Å². The first-order valence-corrected chi connectivity index (χ1v) is 5.82. The number of aromatic carboxylic acids is 1. The summed E-state index contributed by atoms with van der Waals surface area (Å²) in [5, 5.41) is 8.49. The van der Waals surface area contributed by atoms with Gasteiger partial charge in [0.05, 0.1) is 5.56 Å². The zero-order valence-electron chi connectivity index (χ0n) is 11.1. The van der Waals surface area contributed by atoms with Gasteiger partial charge in [-0.1, -0.05) is 30.3 Å². The second-order valence-electron chi connectivity index (χ2n) is 4.12. The summed E-state index contributed by atoms with van der Waals surface area (Å²) in [7, 11) is 4.07. The van der Waals surface area contributed by atoms with Crippen molar-refractivity contribution in [3.8, 4) is 0 Å². The lowest BCUT2D eigenvalue weighted by molar-refractivity contribution is 0.0698. The third-order valence-electron chi connectivity index (χ3n) is 2.46. The Morgan fingerprint density at radius 3 is 1.89 bits per heavy atom. The van der Waals surface area contributed by atoms with Crippen molar-refractivity contribution in [3.05, 3.63) is 60.2 Å². The first-order chi connectivity index (χ1) is 9.02. The Kier molecular flexibility index (Phi) is 5.41. The van der Waals surface area contributed by atoms with Crippen LogP contribution >= 0.6 is 0 Å². The molecule has 0 unspecified atom stereocenters. The van der Waals surface area contributed by atoms with E-state index in [4.69, 9.17) is 10.8 Å². The lowest BCUT2D eigenvalue weighted by Gasteiger charge is -2.10. The third kappa shape index (κ3) is 4.71. The minimum absolute atomic E-state index is 0.155. The Bertz CT molecular complexity index is 525. The number of hydrogen-bond acceptors (Lipinski definition) is 3. The average Bonchev–Trinajstić information content (AvgIpc) is 2.40. The summed E-state index contributed by atoms with van der Waals surface area (Å²) in [5.41, 5.74) is 7.04. The zero-order valence-corrected chi connectivity index (χ0v) is 11.1. The summed E-state index contributed by atoms with van der Waals surface area (Å²) in [6.07, 6.45) is 0. The number of carboxylic acids is 1. The second kappa shape index (κ2) is 7.06. The number of carboxylic acid groups (broad SMARTS) is 1. The Morgan fingerprint density at radius 2 is 1.53 bits per heavy atom. The van der Waals surface area contributed by atoms with Gasteiger partial charge in [0.25, 0.3) is 0 Å². The summed E-state index contributed by atoms with van der Waals surface area (Å²) >= 11 is 0. The van der Waals surface area contributed by atoms with Gasteiger partial charge in [-0.2, -0.15) is 0 Å². The number of carbonyl (C=O) groups is 1. The van der Waals surface area contributed by atoms with Crippen LogP contribution in [0.25, 0.3) is 0 Å². The van der Waals surface area contributed by atoms with E-state index in [-0.39, 0.29) is 5.56 Å². The molecule has 0 saturated heterocycles. The molecule has 0 aliphatic carbocycles. The van der Waals surface area contributed by atoms with E-state index >= 15 is 0 Å². The molecule has 0 saturated carbocycles. The molecule has 0 bridgehead atoms. The second-order valence-corrected chi connectivity index (χ2v) is 4.12. The predicted octanol–water partition coefficient (Wildman–Crippen LogP) is 2.72. The van der Waals surface area contributed by atoms with Gasteiger partial charge in [-0.05, 0) is 24.3 Å². The molecule has 2 aromatic rings. The number of anilines is 2. The van der Waals surface area contributed by atoms with Gasteiger partial charge < -0.3 is 15.7 Å². The molecule has 3 N–H and O–H groups in total. The molecule has 19 heavy (non-hydrogen) atoms. The van der Waals surface area contributed by atoms with Crippen molar-refractivity contribution in [2.75, 3.05) is 24.7 Å². The maximum Gasteiger partial charge on any atom is 0.337 e. The van der Waals surface area contributed by atoms with Crippen LogP contribution in [0.15, 0.2) is 54.6 Å². The number of nitrogens with zero attached hydrogens (tertiary/aromatic N) is 1. The van der Waals surface area contributed by atoms with Crippen LogP contribution in [0, 0.1) is 0 Å². The van der Waals surface area contributed by atoms with Gasteiger partial charge >= 0.3 is 5.97 Å². The van der Waals surface area contributed by atoms with Crippen LogP contribution in [0.1, 0.15) is 10.4 Å². The summed E-state index contributed by atoms with van der Waals surface area (Å²) in [6.45, 7) is 0. The number of benzene rings is 2. The molecule has 0 amide bonds. The van der Waals surface area contributed by atoms with E-state index in [1.165, 1.54) is 11.8 Å². The molecule has 4 heteroatoms. The maximum atomic E-state index is 10.3. The lowest BCUT2D eigenvalue weighted by Crippen LogP contribution is -2.07. The van der Waals surface area contributed by atoms with E-state index < -0.39 is 5.97 Å². The first kappa shape index (κ1) is 14.6. The number of nitrogens with two attached hydrogens (primary N) is 1. The molecular formula is C15H18N2O2. The summed E-state index contributed by atoms with van der Waals surface area (Å²) in [5.74, 6) is -0.988. The fourth-order valence-corrected chi connectivity index (χ4v) is 1.42. The largest absolute Gasteiger partial charge is 0.478 e. The van der Waals surface area contributed by atoms with E-state index in [0.29, 0.717) is 5.69 Å². The number of hydrogen-bond donors (Lipinski definition) is 2. The normalized spacial score (nSPS) is 9.16.